The number of hydrogen-bond donors (Lipinski definition) is 5. The fraction of sp³-hybridized carbons (Fsp3) is 0.438. The van der Waals surface area contributed by atoms with Crippen LogP contribution in [0.1, 0.15) is 25.3 Å². The van der Waals surface area contributed by atoms with E-state index in [0.29, 0.717) is 5.56 Å². The Morgan fingerprint density at radius 1 is 1.15 bits per heavy atom. The predicted octanol–water partition coefficient (Wildman–Crippen LogP) is 0.758. The van der Waals surface area contributed by atoms with E-state index in [1.165, 1.54) is 6.92 Å². The van der Waals surface area contributed by atoms with Crippen molar-refractivity contribution in [3.05, 3.63) is 35.9 Å². The molecule has 0 aliphatic rings. The minimum atomic E-state index is -4.29. The van der Waals surface area contributed by atoms with Crippen LogP contribution < -0.4 is 10.4 Å². The number of nitrogens with one attached hydrogen (secondary N) is 2. The second-order valence-corrected chi connectivity index (χ2v) is 7.20. The van der Waals surface area contributed by atoms with Crippen LogP contribution in [0, 0.1) is 0 Å². The van der Waals surface area contributed by atoms with Gasteiger partial charge in [-0.15, -0.1) is 0 Å². The molecule has 0 bridgehead atoms. The Morgan fingerprint density at radius 3 is 2.30 bits per heavy atom. The zero-order valence-electron chi connectivity index (χ0n) is 14.7. The van der Waals surface area contributed by atoms with Crippen molar-refractivity contribution in [2.75, 3.05) is 6.61 Å². The van der Waals surface area contributed by atoms with Gasteiger partial charge >= 0.3 is 19.7 Å². The van der Waals surface area contributed by atoms with Crippen molar-refractivity contribution in [2.45, 2.75) is 38.3 Å². The summed E-state index contributed by atoms with van der Waals surface area (Å²) in [6.45, 7) is 1.43. The van der Waals surface area contributed by atoms with Crippen LogP contribution in [0.25, 0.3) is 0 Å². The van der Waals surface area contributed by atoms with Gasteiger partial charge in [-0.05, 0) is 25.3 Å². The number of benzene rings is 1. The van der Waals surface area contributed by atoms with Crippen molar-refractivity contribution in [2.24, 2.45) is 0 Å². The SMILES string of the molecule is CCOP(=O)(O)N[C@@H](Cc1ccccc1)C(=O)N[C@@H](CCC(=O)O)C(=O)O. The van der Waals surface area contributed by atoms with Crippen molar-refractivity contribution in [3.63, 3.8) is 0 Å². The molecule has 0 aliphatic heterocycles. The maximum atomic E-state index is 12.5. The predicted molar refractivity (Wildman–Crippen MR) is 95.0 cm³/mol. The lowest BCUT2D eigenvalue weighted by atomic mass is 10.1. The lowest BCUT2D eigenvalue weighted by molar-refractivity contribution is -0.143. The molecule has 11 heteroatoms. The molecule has 0 saturated heterocycles. The normalized spacial score (nSPS) is 15.3. The molecule has 1 aromatic rings. The molecule has 27 heavy (non-hydrogen) atoms. The van der Waals surface area contributed by atoms with Crippen LogP contribution in [0.4, 0.5) is 0 Å². The number of carbonyl (C=O) groups is 3. The van der Waals surface area contributed by atoms with Crippen molar-refractivity contribution in [1.29, 1.82) is 0 Å². The second kappa shape index (κ2) is 10.8. The zero-order valence-corrected chi connectivity index (χ0v) is 15.6. The van der Waals surface area contributed by atoms with Crippen LogP contribution in [-0.4, -0.2) is 51.6 Å². The number of carboxylic acid groups (broad SMARTS) is 2. The van der Waals surface area contributed by atoms with E-state index >= 15 is 0 Å². The monoisotopic (exact) mass is 402 g/mol. The molecule has 0 fully saturated rings. The smallest absolute Gasteiger partial charge is 0.403 e. The molecular weight excluding hydrogens is 379 g/mol. The average molecular weight is 402 g/mol. The Hall–Kier alpha value is -2.26. The number of hydrogen-bond acceptors (Lipinski definition) is 5. The average Bonchev–Trinajstić information content (AvgIpc) is 2.58. The van der Waals surface area contributed by atoms with E-state index in [-0.39, 0.29) is 19.4 Å². The van der Waals surface area contributed by atoms with E-state index in [1.54, 1.807) is 30.3 Å². The maximum absolute atomic E-state index is 12.5. The molecule has 150 valence electrons. The summed E-state index contributed by atoms with van der Waals surface area (Å²) in [7, 11) is -4.29. The summed E-state index contributed by atoms with van der Waals surface area (Å²) in [6.07, 6.45) is -0.780. The van der Waals surface area contributed by atoms with Gasteiger partial charge in [-0.2, -0.15) is 0 Å². The number of amides is 1. The van der Waals surface area contributed by atoms with Crippen molar-refractivity contribution < 1.29 is 38.6 Å². The molecule has 0 saturated carbocycles. The molecule has 1 amide bonds. The van der Waals surface area contributed by atoms with Crippen molar-refractivity contribution in [3.8, 4) is 0 Å². The van der Waals surface area contributed by atoms with E-state index in [4.69, 9.17) is 14.7 Å². The topological polar surface area (TPSA) is 162 Å². The minimum Gasteiger partial charge on any atom is -0.481 e. The Labute approximate surface area is 156 Å². The van der Waals surface area contributed by atoms with Crippen LogP contribution in [-0.2, 0) is 29.9 Å². The first-order valence-corrected chi connectivity index (χ1v) is 9.76. The van der Waals surface area contributed by atoms with Gasteiger partial charge in [0.2, 0.25) is 5.91 Å². The Kier molecular flexibility index (Phi) is 9.10. The number of carboxylic acids is 2. The van der Waals surface area contributed by atoms with Gasteiger partial charge in [-0.25, -0.2) is 14.4 Å². The van der Waals surface area contributed by atoms with E-state index in [0.717, 1.165) is 0 Å². The van der Waals surface area contributed by atoms with Gasteiger partial charge < -0.3 is 20.4 Å². The van der Waals surface area contributed by atoms with Crippen LogP contribution in [0.2, 0.25) is 0 Å². The molecule has 0 aliphatic carbocycles. The number of aliphatic carboxylic acids is 2. The first kappa shape index (κ1) is 22.8. The highest BCUT2D eigenvalue weighted by atomic mass is 31.2. The molecule has 1 aromatic carbocycles. The first-order chi connectivity index (χ1) is 12.6. The van der Waals surface area contributed by atoms with E-state index in [9.17, 15) is 23.8 Å². The summed E-state index contributed by atoms with van der Waals surface area (Å²) in [5, 5.41) is 22.3. The highest BCUT2D eigenvalue weighted by Crippen LogP contribution is 2.37. The van der Waals surface area contributed by atoms with Gasteiger partial charge in [0, 0.05) is 6.42 Å². The van der Waals surface area contributed by atoms with Gasteiger partial charge in [-0.3, -0.25) is 14.1 Å². The summed E-state index contributed by atoms with van der Waals surface area (Å²) in [5.41, 5.74) is 0.666. The third kappa shape index (κ3) is 8.78. The Balaban J connectivity index is 2.94. The lowest BCUT2D eigenvalue weighted by Gasteiger charge is -2.23. The zero-order chi connectivity index (χ0) is 20.4. The second-order valence-electron chi connectivity index (χ2n) is 5.64. The van der Waals surface area contributed by atoms with Crippen LogP contribution >= 0.6 is 7.75 Å². The molecule has 1 rings (SSSR count). The summed E-state index contributed by atoms with van der Waals surface area (Å²) < 4.78 is 16.7. The third-order valence-corrected chi connectivity index (χ3v) is 4.73. The maximum Gasteiger partial charge on any atom is 0.403 e. The lowest BCUT2D eigenvalue weighted by Crippen LogP contribution is -2.50. The molecular formula is C16H23N2O8P. The van der Waals surface area contributed by atoms with E-state index in [2.05, 4.69) is 10.4 Å². The van der Waals surface area contributed by atoms with Gasteiger partial charge in [0.1, 0.15) is 12.1 Å². The molecule has 5 N–H and O–H groups in total. The molecule has 0 heterocycles. The molecule has 10 nitrogen and oxygen atoms in total. The van der Waals surface area contributed by atoms with Crippen LogP contribution in [0.15, 0.2) is 30.3 Å². The molecule has 0 radical (unpaired) electrons. The fourth-order valence-corrected chi connectivity index (χ4v) is 3.28. The van der Waals surface area contributed by atoms with Crippen LogP contribution in [0.5, 0.6) is 0 Å². The standard InChI is InChI=1S/C16H23N2O8P/c1-2-26-27(24,25)18-13(10-11-6-4-3-5-7-11)15(21)17-12(16(22)23)8-9-14(19)20/h3-7,12-13H,2,8-10H2,1H3,(H,17,21)(H,19,20)(H,22,23)(H2,18,24,25)/t12-,13-/m0/s1. The third-order valence-electron chi connectivity index (χ3n) is 3.48. The Morgan fingerprint density at radius 2 is 1.78 bits per heavy atom. The van der Waals surface area contributed by atoms with Crippen molar-refractivity contribution in [1.82, 2.24) is 10.4 Å². The molecule has 1 unspecified atom stereocenters. The summed E-state index contributed by atoms with van der Waals surface area (Å²) in [5.74, 6) is -3.46. The molecule has 3 atom stereocenters. The number of rotatable bonds is 12. The minimum absolute atomic E-state index is 0.00440. The largest absolute Gasteiger partial charge is 0.481 e. The fourth-order valence-electron chi connectivity index (χ4n) is 2.25. The van der Waals surface area contributed by atoms with Gasteiger partial charge in [0.25, 0.3) is 0 Å². The van der Waals surface area contributed by atoms with Crippen LogP contribution in [0.3, 0.4) is 0 Å². The quantitative estimate of drug-likeness (QED) is 0.318. The highest BCUT2D eigenvalue weighted by Gasteiger charge is 2.31. The van der Waals surface area contributed by atoms with Gasteiger partial charge in [0.05, 0.1) is 6.61 Å². The van der Waals surface area contributed by atoms with E-state index < -0.39 is 44.1 Å². The summed E-state index contributed by atoms with van der Waals surface area (Å²) >= 11 is 0. The Bertz CT molecular complexity index is 697. The molecule has 0 spiro atoms. The summed E-state index contributed by atoms with van der Waals surface area (Å²) in [4.78, 5) is 44.2. The number of carbonyl (C=O) groups excluding carboxylic acids is 1. The van der Waals surface area contributed by atoms with Gasteiger partial charge in [0.15, 0.2) is 0 Å². The first-order valence-electron chi connectivity index (χ1n) is 8.18. The molecule has 0 aromatic heterocycles. The van der Waals surface area contributed by atoms with Gasteiger partial charge in [-0.1, -0.05) is 30.3 Å². The summed E-state index contributed by atoms with van der Waals surface area (Å²) in [6, 6.07) is 5.89. The highest BCUT2D eigenvalue weighted by molar-refractivity contribution is 7.50. The van der Waals surface area contributed by atoms with E-state index in [1.807, 2.05) is 0 Å². The van der Waals surface area contributed by atoms with Crippen molar-refractivity contribution >= 4 is 25.6 Å².